The minimum Gasteiger partial charge on any atom is -0.497 e. The fraction of sp³-hybridized carbons (Fsp3) is 0.150. The molecule has 3 rings (SSSR count). The summed E-state index contributed by atoms with van der Waals surface area (Å²) in [4.78, 5) is 12.3. The van der Waals surface area contributed by atoms with Crippen molar-refractivity contribution in [3.05, 3.63) is 84.3 Å². The predicted octanol–water partition coefficient (Wildman–Crippen LogP) is 3.82. The molecule has 0 saturated carbocycles. The number of carbonyl (C=O) groups is 1. The molecule has 0 bridgehead atoms. The maximum atomic E-state index is 12.3. The Balaban J connectivity index is 1.57. The third-order valence-electron chi connectivity index (χ3n) is 3.64. The lowest BCUT2D eigenvalue weighted by molar-refractivity contribution is -0.142. The van der Waals surface area contributed by atoms with Crippen molar-refractivity contribution in [3.63, 3.8) is 0 Å². The first kappa shape index (κ1) is 16.8. The van der Waals surface area contributed by atoms with Crippen LogP contribution in [-0.4, -0.2) is 19.5 Å². The summed E-state index contributed by atoms with van der Waals surface area (Å²) in [6.07, 6.45) is 4.10. The Morgan fingerprint density at radius 2 is 1.92 bits per heavy atom. The van der Waals surface area contributed by atoms with Crippen LogP contribution >= 0.6 is 0 Å². The average molecular weight is 337 g/mol. The van der Waals surface area contributed by atoms with E-state index in [0.29, 0.717) is 6.61 Å². The van der Waals surface area contributed by atoms with Gasteiger partial charge in [-0.25, -0.2) is 0 Å². The summed E-state index contributed by atoms with van der Waals surface area (Å²) < 4.78 is 16.3. The summed E-state index contributed by atoms with van der Waals surface area (Å²) in [7, 11) is 1.62. The summed E-state index contributed by atoms with van der Waals surface area (Å²) in [5, 5.41) is 3.04. The van der Waals surface area contributed by atoms with Gasteiger partial charge in [0.15, 0.2) is 5.76 Å². The Bertz CT molecular complexity index is 766. The van der Waals surface area contributed by atoms with Gasteiger partial charge in [-0.15, -0.1) is 0 Å². The molecule has 2 aromatic rings. The third kappa shape index (κ3) is 4.49. The fourth-order valence-electron chi connectivity index (χ4n) is 2.32. The van der Waals surface area contributed by atoms with Gasteiger partial charge >= 0.3 is 0 Å². The lowest BCUT2D eigenvalue weighted by Crippen LogP contribution is -2.18. The molecule has 0 saturated heterocycles. The van der Waals surface area contributed by atoms with E-state index < -0.39 is 6.29 Å². The van der Waals surface area contributed by atoms with Crippen molar-refractivity contribution in [1.29, 1.82) is 0 Å². The number of carbonyl (C=O) groups excluding carboxylic acids is 1. The monoisotopic (exact) mass is 337 g/mol. The molecule has 1 unspecified atom stereocenters. The smallest absolute Gasteiger partial charge is 0.227 e. The first-order chi connectivity index (χ1) is 12.3. The van der Waals surface area contributed by atoms with E-state index >= 15 is 0 Å². The van der Waals surface area contributed by atoms with Crippen LogP contribution in [0.1, 0.15) is 11.9 Å². The van der Waals surface area contributed by atoms with Crippen LogP contribution in [0, 0.1) is 0 Å². The van der Waals surface area contributed by atoms with Crippen molar-refractivity contribution in [2.45, 2.75) is 6.29 Å². The molecule has 5 heteroatoms. The Morgan fingerprint density at radius 3 is 2.64 bits per heavy atom. The number of benzene rings is 2. The van der Waals surface area contributed by atoms with E-state index in [1.165, 1.54) is 6.08 Å². The summed E-state index contributed by atoms with van der Waals surface area (Å²) in [5.41, 5.74) is 1.73. The molecule has 1 atom stereocenters. The molecule has 0 aliphatic carbocycles. The van der Waals surface area contributed by atoms with Gasteiger partial charge in [-0.1, -0.05) is 30.3 Å². The van der Waals surface area contributed by atoms with Gasteiger partial charge in [0.1, 0.15) is 5.75 Å². The standard InChI is InChI=1S/C20H19NO4/c1-23-17-9-7-16(8-10-17)21-13-11-18(22)19-12-14-24-20(25-19)15-5-3-2-4-6-15/h2-13,20-21H,14H2,1H3/b13-11-. The van der Waals surface area contributed by atoms with Gasteiger partial charge in [0.25, 0.3) is 0 Å². The van der Waals surface area contributed by atoms with E-state index in [0.717, 1.165) is 17.0 Å². The van der Waals surface area contributed by atoms with Gasteiger partial charge in [-0.2, -0.15) is 0 Å². The molecule has 1 aliphatic rings. The number of nitrogens with one attached hydrogen (secondary N) is 1. The molecule has 1 N–H and O–H groups in total. The van der Waals surface area contributed by atoms with Crippen LogP contribution in [-0.2, 0) is 14.3 Å². The van der Waals surface area contributed by atoms with Gasteiger partial charge in [-0.05, 0) is 30.3 Å². The predicted molar refractivity (Wildman–Crippen MR) is 95.1 cm³/mol. The molecule has 128 valence electrons. The van der Waals surface area contributed by atoms with E-state index in [4.69, 9.17) is 14.2 Å². The number of methoxy groups -OCH3 is 1. The number of ether oxygens (including phenoxy) is 3. The van der Waals surface area contributed by atoms with Crippen molar-refractivity contribution < 1.29 is 19.0 Å². The normalized spacial score (nSPS) is 16.8. The molecule has 25 heavy (non-hydrogen) atoms. The molecule has 0 fully saturated rings. The maximum absolute atomic E-state index is 12.3. The zero-order valence-corrected chi connectivity index (χ0v) is 13.8. The molecule has 1 heterocycles. The van der Waals surface area contributed by atoms with Gasteiger partial charge in [0, 0.05) is 23.5 Å². The second-order valence-electron chi connectivity index (χ2n) is 5.33. The van der Waals surface area contributed by atoms with Crippen LogP contribution in [0.4, 0.5) is 5.69 Å². The number of allylic oxidation sites excluding steroid dienone is 1. The first-order valence-corrected chi connectivity index (χ1v) is 7.91. The Hall–Kier alpha value is -3.05. The van der Waals surface area contributed by atoms with Crippen LogP contribution in [0.25, 0.3) is 0 Å². The van der Waals surface area contributed by atoms with Crippen LogP contribution in [0.3, 0.4) is 0 Å². The molecule has 0 spiro atoms. The minimum atomic E-state index is -0.562. The van der Waals surface area contributed by atoms with Crippen LogP contribution < -0.4 is 10.1 Å². The number of hydrogen-bond acceptors (Lipinski definition) is 5. The second kappa shape index (κ2) is 8.17. The zero-order chi connectivity index (χ0) is 17.5. The van der Waals surface area contributed by atoms with Crippen molar-refractivity contribution in [2.75, 3.05) is 19.0 Å². The Labute approximate surface area is 146 Å². The van der Waals surface area contributed by atoms with Crippen LogP contribution in [0.2, 0.25) is 0 Å². The number of anilines is 1. The van der Waals surface area contributed by atoms with E-state index in [9.17, 15) is 4.79 Å². The first-order valence-electron chi connectivity index (χ1n) is 7.91. The summed E-state index contributed by atoms with van der Waals surface area (Å²) in [6, 6.07) is 16.9. The summed E-state index contributed by atoms with van der Waals surface area (Å²) >= 11 is 0. The van der Waals surface area contributed by atoms with Crippen LogP contribution in [0.5, 0.6) is 5.75 Å². The number of ketones is 1. The van der Waals surface area contributed by atoms with Crippen molar-refractivity contribution in [2.24, 2.45) is 0 Å². The van der Waals surface area contributed by atoms with Crippen molar-refractivity contribution >= 4 is 11.5 Å². The average Bonchev–Trinajstić information content (AvgIpc) is 2.69. The van der Waals surface area contributed by atoms with Gasteiger partial charge in [0.05, 0.1) is 13.7 Å². The molecule has 2 aromatic carbocycles. The van der Waals surface area contributed by atoms with Gasteiger partial charge in [0.2, 0.25) is 12.1 Å². The van der Waals surface area contributed by atoms with Crippen molar-refractivity contribution in [3.8, 4) is 5.75 Å². The Kier molecular flexibility index (Phi) is 5.49. The fourth-order valence-corrected chi connectivity index (χ4v) is 2.32. The summed E-state index contributed by atoms with van der Waals surface area (Å²) in [6.45, 7) is 0.334. The zero-order valence-electron chi connectivity index (χ0n) is 13.8. The lowest BCUT2D eigenvalue weighted by Gasteiger charge is -2.24. The highest BCUT2D eigenvalue weighted by molar-refractivity contribution is 6.02. The SMILES string of the molecule is COc1ccc(N/C=C\C(=O)C2=CCOC(c3ccccc3)O2)cc1. The highest BCUT2D eigenvalue weighted by atomic mass is 16.7. The highest BCUT2D eigenvalue weighted by Crippen LogP contribution is 2.26. The van der Waals surface area contributed by atoms with E-state index in [1.54, 1.807) is 19.4 Å². The van der Waals surface area contributed by atoms with E-state index in [2.05, 4.69) is 5.32 Å². The lowest BCUT2D eigenvalue weighted by atomic mass is 10.2. The quantitative estimate of drug-likeness (QED) is 0.812. The summed E-state index contributed by atoms with van der Waals surface area (Å²) in [5.74, 6) is 0.844. The van der Waals surface area contributed by atoms with E-state index in [1.807, 2.05) is 54.6 Å². The maximum Gasteiger partial charge on any atom is 0.227 e. The third-order valence-corrected chi connectivity index (χ3v) is 3.64. The topological polar surface area (TPSA) is 56.8 Å². The van der Waals surface area contributed by atoms with E-state index in [-0.39, 0.29) is 11.5 Å². The van der Waals surface area contributed by atoms with Gasteiger partial charge < -0.3 is 19.5 Å². The highest BCUT2D eigenvalue weighted by Gasteiger charge is 2.21. The Morgan fingerprint density at radius 1 is 1.16 bits per heavy atom. The molecule has 5 nitrogen and oxygen atoms in total. The molecular formula is C20H19NO4. The van der Waals surface area contributed by atoms with Crippen molar-refractivity contribution in [1.82, 2.24) is 0 Å². The van der Waals surface area contributed by atoms with Crippen LogP contribution in [0.15, 0.2) is 78.7 Å². The van der Waals surface area contributed by atoms with Gasteiger partial charge in [-0.3, -0.25) is 4.79 Å². The second-order valence-corrected chi connectivity index (χ2v) is 5.33. The molecule has 0 amide bonds. The number of rotatable bonds is 6. The molecular weight excluding hydrogens is 318 g/mol. The minimum absolute atomic E-state index is 0.217. The largest absolute Gasteiger partial charge is 0.497 e. The molecule has 0 radical (unpaired) electrons. The number of hydrogen-bond donors (Lipinski definition) is 1. The molecule has 0 aromatic heterocycles. The molecule has 1 aliphatic heterocycles.